The molecule has 0 radical (unpaired) electrons. The van der Waals surface area contributed by atoms with Crippen molar-refractivity contribution in [2.24, 2.45) is 0 Å². The van der Waals surface area contributed by atoms with E-state index in [9.17, 15) is 14.4 Å². The Balaban J connectivity index is 4.37. The molecule has 0 aromatic rings. The van der Waals surface area contributed by atoms with Crippen LogP contribution in [0.15, 0.2) is 182 Å². The van der Waals surface area contributed by atoms with Gasteiger partial charge in [-0.1, -0.05) is 274 Å². The van der Waals surface area contributed by atoms with Gasteiger partial charge in [0.05, 0.1) is 0 Å². The van der Waals surface area contributed by atoms with E-state index in [0.717, 1.165) is 161 Å². The Morgan fingerprint density at radius 3 is 0.793 bits per heavy atom. The van der Waals surface area contributed by atoms with E-state index in [4.69, 9.17) is 14.2 Å². The van der Waals surface area contributed by atoms with Crippen molar-refractivity contribution in [3.05, 3.63) is 182 Å². The Morgan fingerprint density at radius 2 is 0.488 bits per heavy atom. The summed E-state index contributed by atoms with van der Waals surface area (Å²) in [6.45, 7) is 6.28. The number of unbranched alkanes of at least 4 members (excludes halogenated alkanes) is 16. The smallest absolute Gasteiger partial charge is 0.306 e. The van der Waals surface area contributed by atoms with Gasteiger partial charge in [0.1, 0.15) is 13.2 Å². The van der Waals surface area contributed by atoms with Gasteiger partial charge in [0.15, 0.2) is 6.10 Å². The summed E-state index contributed by atoms with van der Waals surface area (Å²) in [6, 6.07) is 0. The molecule has 0 saturated heterocycles. The third-order valence-electron chi connectivity index (χ3n) is 13.1. The van der Waals surface area contributed by atoms with Crippen LogP contribution in [0.3, 0.4) is 0 Å². The van der Waals surface area contributed by atoms with Crippen LogP contribution in [-0.4, -0.2) is 37.2 Å². The molecule has 0 fully saturated rings. The van der Waals surface area contributed by atoms with Crippen molar-refractivity contribution in [3.8, 4) is 0 Å². The van der Waals surface area contributed by atoms with E-state index in [-0.39, 0.29) is 37.5 Å². The molecule has 1 atom stereocenters. The zero-order chi connectivity index (χ0) is 59.2. The minimum atomic E-state index is -0.825. The molecule has 0 amide bonds. The van der Waals surface area contributed by atoms with Crippen LogP contribution in [0, 0.1) is 0 Å². The maximum absolute atomic E-state index is 12.9. The van der Waals surface area contributed by atoms with Crippen LogP contribution >= 0.6 is 0 Å². The average molecular weight is 1130 g/mol. The Hall–Kier alpha value is -5.49. The largest absolute Gasteiger partial charge is 0.462 e. The lowest BCUT2D eigenvalue weighted by Crippen LogP contribution is -2.30. The van der Waals surface area contributed by atoms with Gasteiger partial charge in [0.2, 0.25) is 0 Å². The van der Waals surface area contributed by atoms with Crippen LogP contribution in [0.1, 0.15) is 258 Å². The number of carbonyl (C=O) groups is 3. The number of carbonyl (C=O) groups excluding carboxylic acids is 3. The number of allylic oxidation sites excluding steroid dienone is 30. The molecule has 0 aliphatic heterocycles. The SMILES string of the molecule is CC/C=C\C/C=C\C/C=C\C/C=C\C/C=C\C/C=C\C/C=C\CCCCCCCCCCCC(=O)OCC(COC(=O)CCCCCCC/C=C\CCC)OC(=O)CCC/C=C\C/C=C\C/C=C\C/C=C\C/C=C\C/C=C\C/C=C\CC. The Bertz CT molecular complexity index is 1920. The predicted molar refractivity (Wildman–Crippen MR) is 357 cm³/mol. The van der Waals surface area contributed by atoms with Gasteiger partial charge in [-0.3, -0.25) is 14.4 Å². The lowest BCUT2D eigenvalue weighted by molar-refractivity contribution is -0.167. The average Bonchev–Trinajstić information content (AvgIpc) is 3.47. The van der Waals surface area contributed by atoms with Crippen molar-refractivity contribution in [2.75, 3.05) is 13.2 Å². The van der Waals surface area contributed by atoms with Gasteiger partial charge in [-0.15, -0.1) is 0 Å². The molecule has 6 nitrogen and oxygen atoms in total. The molecule has 0 rings (SSSR count). The first-order valence-corrected chi connectivity index (χ1v) is 32.8. The van der Waals surface area contributed by atoms with Gasteiger partial charge >= 0.3 is 17.9 Å². The van der Waals surface area contributed by atoms with E-state index >= 15 is 0 Å². The van der Waals surface area contributed by atoms with Crippen molar-refractivity contribution < 1.29 is 28.6 Å². The molecule has 0 spiro atoms. The van der Waals surface area contributed by atoms with Crippen molar-refractivity contribution in [2.45, 2.75) is 264 Å². The Labute approximate surface area is 504 Å². The Kier molecular flexibility index (Phi) is 63.5. The predicted octanol–water partition coefficient (Wildman–Crippen LogP) is 22.8. The molecule has 0 aliphatic carbocycles. The minimum Gasteiger partial charge on any atom is -0.462 e. The summed E-state index contributed by atoms with van der Waals surface area (Å²) in [4.78, 5) is 38.2. The number of ether oxygens (including phenoxy) is 3. The summed E-state index contributed by atoms with van der Waals surface area (Å²) in [7, 11) is 0. The fourth-order valence-electron chi connectivity index (χ4n) is 8.30. The normalized spacial score (nSPS) is 13.4. The molecule has 0 N–H and O–H groups in total. The van der Waals surface area contributed by atoms with E-state index in [1.807, 2.05) is 0 Å². The number of rotatable bonds is 57. The van der Waals surface area contributed by atoms with Crippen molar-refractivity contribution >= 4 is 17.9 Å². The van der Waals surface area contributed by atoms with Crippen LogP contribution in [-0.2, 0) is 28.6 Å². The number of hydrogen-bond donors (Lipinski definition) is 0. The van der Waals surface area contributed by atoms with Crippen LogP contribution < -0.4 is 0 Å². The van der Waals surface area contributed by atoms with Gasteiger partial charge in [-0.25, -0.2) is 0 Å². The van der Waals surface area contributed by atoms with E-state index in [2.05, 4.69) is 203 Å². The maximum atomic E-state index is 12.9. The van der Waals surface area contributed by atoms with Gasteiger partial charge in [0, 0.05) is 19.3 Å². The first kappa shape index (κ1) is 76.5. The van der Waals surface area contributed by atoms with E-state index in [1.165, 1.54) is 51.4 Å². The second-order valence-corrected chi connectivity index (χ2v) is 20.9. The summed E-state index contributed by atoms with van der Waals surface area (Å²) in [6.07, 6.45) is 102. The fraction of sp³-hybridized carbons (Fsp3) is 0.566. The van der Waals surface area contributed by atoms with Gasteiger partial charge in [-0.2, -0.15) is 0 Å². The van der Waals surface area contributed by atoms with E-state index in [1.54, 1.807) is 0 Å². The zero-order valence-electron chi connectivity index (χ0n) is 52.4. The first-order valence-electron chi connectivity index (χ1n) is 32.8. The van der Waals surface area contributed by atoms with E-state index < -0.39 is 6.10 Å². The molecule has 6 heteroatoms. The second kappa shape index (κ2) is 68.0. The quantitative estimate of drug-likeness (QED) is 0.0261. The fourth-order valence-corrected chi connectivity index (χ4v) is 8.30. The highest BCUT2D eigenvalue weighted by molar-refractivity contribution is 5.71. The number of esters is 3. The first-order chi connectivity index (χ1) is 40.5. The molecule has 0 aliphatic rings. The van der Waals surface area contributed by atoms with Crippen molar-refractivity contribution in [1.82, 2.24) is 0 Å². The molecule has 0 saturated carbocycles. The van der Waals surface area contributed by atoms with Gasteiger partial charge in [-0.05, 0) is 148 Å². The van der Waals surface area contributed by atoms with Crippen LogP contribution in [0.5, 0.6) is 0 Å². The number of hydrogen-bond acceptors (Lipinski definition) is 6. The van der Waals surface area contributed by atoms with E-state index in [0.29, 0.717) is 19.3 Å². The molecule has 458 valence electrons. The lowest BCUT2D eigenvalue weighted by atomic mass is 10.1. The third-order valence-corrected chi connectivity index (χ3v) is 13.1. The molecule has 82 heavy (non-hydrogen) atoms. The molecular formula is C76H118O6. The molecule has 0 bridgehead atoms. The molecule has 0 heterocycles. The summed E-state index contributed by atoms with van der Waals surface area (Å²) < 4.78 is 16.8. The molecule has 1 unspecified atom stereocenters. The highest BCUT2D eigenvalue weighted by Gasteiger charge is 2.19. The summed E-state index contributed by atoms with van der Waals surface area (Å²) in [5, 5.41) is 0. The van der Waals surface area contributed by atoms with Crippen LogP contribution in [0.2, 0.25) is 0 Å². The molecular weight excluding hydrogens is 1010 g/mol. The zero-order valence-corrected chi connectivity index (χ0v) is 52.4. The molecule has 0 aromatic heterocycles. The maximum Gasteiger partial charge on any atom is 0.306 e. The monoisotopic (exact) mass is 1130 g/mol. The summed E-state index contributed by atoms with van der Waals surface area (Å²) >= 11 is 0. The second-order valence-electron chi connectivity index (χ2n) is 20.9. The van der Waals surface area contributed by atoms with Gasteiger partial charge < -0.3 is 14.2 Å². The highest BCUT2D eigenvalue weighted by atomic mass is 16.6. The van der Waals surface area contributed by atoms with Crippen molar-refractivity contribution in [1.29, 1.82) is 0 Å². The van der Waals surface area contributed by atoms with Crippen LogP contribution in [0.4, 0.5) is 0 Å². The topological polar surface area (TPSA) is 78.9 Å². The summed E-state index contributed by atoms with van der Waals surface area (Å²) in [5.74, 6) is -0.999. The Morgan fingerprint density at radius 1 is 0.256 bits per heavy atom. The highest BCUT2D eigenvalue weighted by Crippen LogP contribution is 2.14. The minimum absolute atomic E-state index is 0.115. The third kappa shape index (κ3) is 65.3. The summed E-state index contributed by atoms with van der Waals surface area (Å²) in [5.41, 5.74) is 0. The lowest BCUT2D eigenvalue weighted by Gasteiger charge is -2.18. The van der Waals surface area contributed by atoms with Crippen molar-refractivity contribution in [3.63, 3.8) is 0 Å². The van der Waals surface area contributed by atoms with Crippen LogP contribution in [0.25, 0.3) is 0 Å². The van der Waals surface area contributed by atoms with Gasteiger partial charge in [0.25, 0.3) is 0 Å². The molecule has 0 aromatic carbocycles. The standard InChI is InChI=1S/C76H118O6/c1-4-7-10-13-16-19-22-24-26-28-30-32-34-35-36-37-38-39-40-41-43-44-46-48-50-52-54-57-60-63-66-69-75(78)81-72-73(71-80-74(77)68-65-62-59-56-21-18-15-12-9-6-3)82-76(79)70-67-64-61-58-55-53-51-49-47-45-42-33-31-29-27-25-23-20-17-14-11-8-5-2/h7-8,10-12,15-17,19-20,24-27,30-33,35-36,38-39,41,43,45,47,51,53,58,61,73H,4-6,9,13-14,18,21-23,28-29,34,37,40,42,44,46,48-50,52,54-57,59-60,62-72H2,1-3H3/b10-7-,11-8-,15-12-,19-16-,20-17-,26-24-,27-25-,32-30-,33-31-,36-35-,39-38-,43-41-,47-45-,53-51-,61-58-.